The number of morpholine rings is 1. The second kappa shape index (κ2) is 5.10. The second-order valence-electron chi connectivity index (χ2n) is 5.82. The van der Waals surface area contributed by atoms with Crippen LogP contribution in [0.15, 0.2) is 18.2 Å². The van der Waals surface area contributed by atoms with E-state index in [1.807, 2.05) is 0 Å². The number of benzene rings is 1. The fraction of sp³-hybridized carbons (Fsp3) is 0.600. The molecule has 1 fully saturated rings. The molecule has 100 valence electrons. The number of halogens is 1. The monoisotopic (exact) mass is 267 g/mol. The molecule has 1 aromatic rings. The Balaban J connectivity index is 2.25. The lowest BCUT2D eigenvalue weighted by molar-refractivity contribution is -0.0749. The summed E-state index contributed by atoms with van der Waals surface area (Å²) in [5, 5.41) is 0. The van der Waals surface area contributed by atoms with Crippen LogP contribution < -0.4 is 4.90 Å². The molecule has 0 radical (unpaired) electrons. The molecule has 0 bridgehead atoms. The standard InChI is InChI=1S/C15H22ClNO/c1-11-7-13(8-16)5-6-14(11)17-9-12(2)18-15(3,4)10-17/h5-7,12H,8-10H2,1-4H3. The second-order valence-corrected chi connectivity index (χ2v) is 6.09. The first-order chi connectivity index (χ1) is 8.41. The van der Waals surface area contributed by atoms with Gasteiger partial charge in [0.1, 0.15) is 0 Å². The quantitative estimate of drug-likeness (QED) is 0.757. The fourth-order valence-electron chi connectivity index (χ4n) is 2.79. The van der Waals surface area contributed by atoms with Gasteiger partial charge in [-0.05, 0) is 44.9 Å². The first-order valence-electron chi connectivity index (χ1n) is 6.49. The summed E-state index contributed by atoms with van der Waals surface area (Å²) in [5.41, 5.74) is 3.68. The van der Waals surface area contributed by atoms with Crippen molar-refractivity contribution in [1.82, 2.24) is 0 Å². The van der Waals surface area contributed by atoms with Crippen LogP contribution >= 0.6 is 11.6 Å². The van der Waals surface area contributed by atoms with Gasteiger partial charge in [-0.15, -0.1) is 11.6 Å². The van der Waals surface area contributed by atoms with Gasteiger partial charge in [0.2, 0.25) is 0 Å². The molecule has 1 atom stereocenters. The Morgan fingerprint density at radius 2 is 2.17 bits per heavy atom. The van der Waals surface area contributed by atoms with E-state index in [9.17, 15) is 0 Å². The maximum absolute atomic E-state index is 5.95. The summed E-state index contributed by atoms with van der Waals surface area (Å²) in [4.78, 5) is 2.42. The number of aryl methyl sites for hydroxylation is 1. The normalized spacial score (nSPS) is 23.2. The summed E-state index contributed by atoms with van der Waals surface area (Å²) in [6, 6.07) is 6.47. The summed E-state index contributed by atoms with van der Waals surface area (Å²) in [5.74, 6) is 0.576. The number of rotatable bonds is 2. The summed E-state index contributed by atoms with van der Waals surface area (Å²) in [6.07, 6.45) is 0.265. The van der Waals surface area contributed by atoms with Crippen LogP contribution in [0.3, 0.4) is 0 Å². The molecule has 0 amide bonds. The molecule has 1 unspecified atom stereocenters. The molecular formula is C15H22ClNO. The Bertz CT molecular complexity index is 431. The molecule has 1 heterocycles. The maximum Gasteiger partial charge on any atom is 0.0805 e. The van der Waals surface area contributed by atoms with Gasteiger partial charge in [0.25, 0.3) is 0 Å². The van der Waals surface area contributed by atoms with Gasteiger partial charge < -0.3 is 9.64 Å². The van der Waals surface area contributed by atoms with E-state index in [0.717, 1.165) is 13.1 Å². The third kappa shape index (κ3) is 2.99. The van der Waals surface area contributed by atoms with Gasteiger partial charge in [-0.2, -0.15) is 0 Å². The van der Waals surface area contributed by atoms with Crippen molar-refractivity contribution in [2.24, 2.45) is 0 Å². The van der Waals surface area contributed by atoms with Gasteiger partial charge in [0.15, 0.2) is 0 Å². The summed E-state index contributed by atoms with van der Waals surface area (Å²) in [6.45, 7) is 10.5. The summed E-state index contributed by atoms with van der Waals surface area (Å²) < 4.78 is 5.95. The van der Waals surface area contributed by atoms with E-state index in [2.05, 4.69) is 50.8 Å². The molecule has 0 spiro atoms. The van der Waals surface area contributed by atoms with Gasteiger partial charge >= 0.3 is 0 Å². The lowest BCUT2D eigenvalue weighted by Crippen LogP contribution is -2.52. The minimum absolute atomic E-state index is 0.0880. The summed E-state index contributed by atoms with van der Waals surface area (Å²) >= 11 is 5.87. The highest BCUT2D eigenvalue weighted by Gasteiger charge is 2.31. The van der Waals surface area contributed by atoms with Gasteiger partial charge in [-0.1, -0.05) is 12.1 Å². The van der Waals surface area contributed by atoms with Crippen molar-refractivity contribution in [2.75, 3.05) is 18.0 Å². The van der Waals surface area contributed by atoms with Crippen LogP contribution in [0.5, 0.6) is 0 Å². The molecule has 2 rings (SSSR count). The predicted octanol–water partition coefficient (Wildman–Crippen LogP) is 3.74. The zero-order valence-electron chi connectivity index (χ0n) is 11.7. The average molecular weight is 268 g/mol. The van der Waals surface area contributed by atoms with E-state index in [4.69, 9.17) is 16.3 Å². The van der Waals surface area contributed by atoms with Gasteiger partial charge in [-0.3, -0.25) is 0 Å². The summed E-state index contributed by atoms with van der Waals surface area (Å²) in [7, 11) is 0. The van der Waals surface area contributed by atoms with Crippen molar-refractivity contribution < 1.29 is 4.74 Å². The molecule has 0 aliphatic carbocycles. The first kappa shape index (κ1) is 13.7. The maximum atomic E-state index is 5.95. The smallest absolute Gasteiger partial charge is 0.0805 e. The molecular weight excluding hydrogens is 246 g/mol. The van der Waals surface area contributed by atoms with Gasteiger partial charge in [-0.25, -0.2) is 0 Å². The molecule has 0 N–H and O–H groups in total. The molecule has 1 aromatic carbocycles. The van der Waals surface area contributed by atoms with E-state index in [1.54, 1.807) is 0 Å². The van der Waals surface area contributed by atoms with Crippen LogP contribution in [0, 0.1) is 6.92 Å². The number of alkyl halides is 1. The van der Waals surface area contributed by atoms with Crippen molar-refractivity contribution in [3.8, 4) is 0 Å². The molecule has 2 nitrogen and oxygen atoms in total. The van der Waals surface area contributed by atoms with Crippen LogP contribution in [0.4, 0.5) is 5.69 Å². The van der Waals surface area contributed by atoms with Crippen molar-refractivity contribution in [3.63, 3.8) is 0 Å². The van der Waals surface area contributed by atoms with Crippen LogP contribution in [0.25, 0.3) is 0 Å². The fourth-order valence-corrected chi connectivity index (χ4v) is 2.96. The highest BCUT2D eigenvalue weighted by Crippen LogP contribution is 2.29. The molecule has 18 heavy (non-hydrogen) atoms. The van der Waals surface area contributed by atoms with Crippen LogP contribution in [0.1, 0.15) is 31.9 Å². The van der Waals surface area contributed by atoms with E-state index in [-0.39, 0.29) is 11.7 Å². The number of nitrogens with zero attached hydrogens (tertiary/aromatic N) is 1. The zero-order chi connectivity index (χ0) is 13.3. The number of hydrogen-bond donors (Lipinski definition) is 0. The van der Waals surface area contributed by atoms with E-state index >= 15 is 0 Å². The Morgan fingerprint density at radius 3 is 2.72 bits per heavy atom. The predicted molar refractivity (Wildman–Crippen MR) is 77.6 cm³/mol. The highest BCUT2D eigenvalue weighted by molar-refractivity contribution is 6.17. The SMILES string of the molecule is Cc1cc(CCl)ccc1N1CC(C)OC(C)(C)C1. The van der Waals surface area contributed by atoms with Crippen LogP contribution in [0.2, 0.25) is 0 Å². The molecule has 1 saturated heterocycles. The van der Waals surface area contributed by atoms with Crippen molar-refractivity contribution in [1.29, 1.82) is 0 Å². The van der Waals surface area contributed by atoms with Crippen molar-refractivity contribution >= 4 is 17.3 Å². The third-order valence-corrected chi connectivity index (χ3v) is 3.63. The minimum atomic E-state index is -0.0880. The highest BCUT2D eigenvalue weighted by atomic mass is 35.5. The Morgan fingerprint density at radius 1 is 1.44 bits per heavy atom. The Hall–Kier alpha value is -0.730. The first-order valence-corrected chi connectivity index (χ1v) is 7.03. The topological polar surface area (TPSA) is 12.5 Å². The molecule has 0 saturated carbocycles. The van der Waals surface area contributed by atoms with Crippen molar-refractivity contribution in [3.05, 3.63) is 29.3 Å². The lowest BCUT2D eigenvalue weighted by Gasteiger charge is -2.43. The molecule has 0 aromatic heterocycles. The van der Waals surface area contributed by atoms with E-state index in [1.165, 1.54) is 16.8 Å². The largest absolute Gasteiger partial charge is 0.369 e. The Kier molecular flexibility index (Phi) is 3.88. The third-order valence-electron chi connectivity index (χ3n) is 3.33. The molecule has 1 aliphatic heterocycles. The van der Waals surface area contributed by atoms with E-state index in [0.29, 0.717) is 5.88 Å². The van der Waals surface area contributed by atoms with Crippen LogP contribution in [-0.4, -0.2) is 24.8 Å². The van der Waals surface area contributed by atoms with E-state index < -0.39 is 0 Å². The lowest BCUT2D eigenvalue weighted by atomic mass is 10.0. The zero-order valence-corrected chi connectivity index (χ0v) is 12.4. The van der Waals surface area contributed by atoms with Crippen LogP contribution in [-0.2, 0) is 10.6 Å². The molecule has 3 heteroatoms. The van der Waals surface area contributed by atoms with Gasteiger partial charge in [0, 0.05) is 24.7 Å². The molecule has 1 aliphatic rings. The Labute approximate surface area is 115 Å². The average Bonchev–Trinajstić information content (AvgIpc) is 2.25. The number of anilines is 1. The van der Waals surface area contributed by atoms with Crippen molar-refractivity contribution in [2.45, 2.75) is 45.3 Å². The number of hydrogen-bond acceptors (Lipinski definition) is 2. The number of ether oxygens (including phenoxy) is 1. The van der Waals surface area contributed by atoms with Gasteiger partial charge in [0.05, 0.1) is 11.7 Å². The minimum Gasteiger partial charge on any atom is -0.369 e.